The van der Waals surface area contributed by atoms with Gasteiger partial charge in [-0.1, -0.05) is 49.7 Å². The van der Waals surface area contributed by atoms with E-state index in [1.165, 1.54) is 7.11 Å². The number of hydrogen-bond acceptors (Lipinski definition) is 4. The maximum absolute atomic E-state index is 13.1. The van der Waals surface area contributed by atoms with Crippen LogP contribution < -0.4 is 15.4 Å². The zero-order chi connectivity index (χ0) is 23.1. The third-order valence-corrected chi connectivity index (χ3v) is 6.11. The molecule has 1 heterocycles. The van der Waals surface area contributed by atoms with Crippen LogP contribution in [0, 0.1) is 5.92 Å². The SMILES string of the molecule is COc1ccccc1C(=O)NC(C(=O)NCC(c1cccc(Cl)c1)N1CCCC1)C(C)C. The quantitative estimate of drug-likeness (QED) is 0.595. The standard InChI is InChI=1S/C25H32ClN3O3/c1-17(2)23(28-24(30)20-11-4-5-12-22(20)32-3)25(31)27-16-21(29-13-6-7-14-29)18-9-8-10-19(26)15-18/h4-5,8-12,15,17,21,23H,6-7,13-14,16H2,1-3H3,(H,27,31)(H,28,30). The van der Waals surface area contributed by atoms with Gasteiger partial charge >= 0.3 is 0 Å². The lowest BCUT2D eigenvalue weighted by atomic mass is 10.0. The number of methoxy groups -OCH3 is 1. The molecular weight excluding hydrogens is 426 g/mol. The molecule has 0 radical (unpaired) electrons. The van der Waals surface area contributed by atoms with E-state index in [9.17, 15) is 9.59 Å². The molecule has 2 unspecified atom stereocenters. The van der Waals surface area contributed by atoms with Crippen LogP contribution in [0.15, 0.2) is 48.5 Å². The van der Waals surface area contributed by atoms with Gasteiger partial charge in [-0.05, 0) is 61.7 Å². The molecule has 1 saturated heterocycles. The molecule has 2 amide bonds. The second-order valence-electron chi connectivity index (χ2n) is 8.45. The number of nitrogens with one attached hydrogen (secondary N) is 2. The molecule has 0 saturated carbocycles. The van der Waals surface area contributed by atoms with Gasteiger partial charge in [-0.2, -0.15) is 0 Å². The molecule has 0 bridgehead atoms. The first-order chi connectivity index (χ1) is 15.4. The second-order valence-corrected chi connectivity index (χ2v) is 8.89. The Balaban J connectivity index is 1.71. The molecule has 2 atom stereocenters. The zero-order valence-electron chi connectivity index (χ0n) is 18.9. The van der Waals surface area contributed by atoms with Crippen LogP contribution in [0.4, 0.5) is 0 Å². The van der Waals surface area contributed by atoms with Crippen molar-refractivity contribution in [1.82, 2.24) is 15.5 Å². The van der Waals surface area contributed by atoms with Gasteiger partial charge in [0.05, 0.1) is 18.7 Å². The summed E-state index contributed by atoms with van der Waals surface area (Å²) in [4.78, 5) is 28.4. The number of halogens is 1. The monoisotopic (exact) mass is 457 g/mol. The van der Waals surface area contributed by atoms with Crippen molar-refractivity contribution in [3.05, 3.63) is 64.7 Å². The van der Waals surface area contributed by atoms with Crippen molar-refractivity contribution in [1.29, 1.82) is 0 Å². The lowest BCUT2D eigenvalue weighted by molar-refractivity contribution is -0.124. The molecular formula is C25H32ClN3O3. The van der Waals surface area contributed by atoms with E-state index in [0.717, 1.165) is 31.5 Å². The van der Waals surface area contributed by atoms with Gasteiger partial charge in [-0.15, -0.1) is 0 Å². The van der Waals surface area contributed by atoms with E-state index in [2.05, 4.69) is 15.5 Å². The first-order valence-electron chi connectivity index (χ1n) is 11.1. The van der Waals surface area contributed by atoms with Crippen LogP contribution >= 0.6 is 11.6 Å². The summed E-state index contributed by atoms with van der Waals surface area (Å²) in [7, 11) is 1.52. The highest BCUT2D eigenvalue weighted by molar-refractivity contribution is 6.30. The van der Waals surface area contributed by atoms with Gasteiger partial charge in [0.15, 0.2) is 0 Å². The van der Waals surface area contributed by atoms with Crippen LogP contribution in [0.25, 0.3) is 0 Å². The Kier molecular flexibility index (Phi) is 8.53. The fourth-order valence-electron chi connectivity index (χ4n) is 4.12. The third kappa shape index (κ3) is 6.02. The fraction of sp³-hybridized carbons (Fsp3) is 0.440. The fourth-order valence-corrected chi connectivity index (χ4v) is 4.32. The smallest absolute Gasteiger partial charge is 0.255 e. The van der Waals surface area contributed by atoms with Crippen molar-refractivity contribution in [3.63, 3.8) is 0 Å². The number of nitrogens with zero attached hydrogens (tertiary/aromatic N) is 1. The number of likely N-dealkylation sites (tertiary alicyclic amines) is 1. The molecule has 3 rings (SSSR count). The summed E-state index contributed by atoms with van der Waals surface area (Å²) in [6, 6.07) is 14.2. The van der Waals surface area contributed by atoms with E-state index in [0.29, 0.717) is 22.9 Å². The summed E-state index contributed by atoms with van der Waals surface area (Å²) >= 11 is 6.23. The zero-order valence-corrected chi connectivity index (χ0v) is 19.7. The Morgan fingerprint density at radius 2 is 1.81 bits per heavy atom. The summed E-state index contributed by atoms with van der Waals surface area (Å²) in [5.41, 5.74) is 1.49. The number of amides is 2. The van der Waals surface area contributed by atoms with E-state index >= 15 is 0 Å². The Morgan fingerprint density at radius 1 is 1.09 bits per heavy atom. The Bertz CT molecular complexity index is 928. The van der Waals surface area contributed by atoms with Gasteiger partial charge in [0, 0.05) is 11.6 Å². The van der Waals surface area contributed by atoms with Gasteiger partial charge in [-0.3, -0.25) is 14.5 Å². The number of hydrogen-bond donors (Lipinski definition) is 2. The number of ether oxygens (including phenoxy) is 1. The summed E-state index contributed by atoms with van der Waals surface area (Å²) in [5.74, 6) is -0.135. The average Bonchev–Trinajstić information content (AvgIpc) is 3.31. The summed E-state index contributed by atoms with van der Waals surface area (Å²) in [5, 5.41) is 6.64. The highest BCUT2D eigenvalue weighted by atomic mass is 35.5. The first kappa shape index (κ1) is 24.1. The number of carbonyl (C=O) groups excluding carboxylic acids is 2. The molecule has 1 fully saturated rings. The molecule has 32 heavy (non-hydrogen) atoms. The van der Waals surface area contributed by atoms with E-state index in [4.69, 9.17) is 16.3 Å². The highest BCUT2D eigenvalue weighted by Crippen LogP contribution is 2.26. The lowest BCUT2D eigenvalue weighted by Crippen LogP contribution is -2.51. The van der Waals surface area contributed by atoms with Crippen LogP contribution in [0.2, 0.25) is 5.02 Å². The average molecular weight is 458 g/mol. The van der Waals surface area contributed by atoms with Crippen molar-refractivity contribution in [2.75, 3.05) is 26.7 Å². The van der Waals surface area contributed by atoms with Gasteiger partial charge < -0.3 is 15.4 Å². The summed E-state index contributed by atoms with van der Waals surface area (Å²) < 4.78 is 5.29. The minimum atomic E-state index is -0.661. The number of carbonyl (C=O) groups is 2. The van der Waals surface area contributed by atoms with Gasteiger partial charge in [0.25, 0.3) is 5.91 Å². The van der Waals surface area contributed by atoms with E-state index in [-0.39, 0.29) is 23.8 Å². The van der Waals surface area contributed by atoms with Crippen molar-refractivity contribution in [2.24, 2.45) is 5.92 Å². The molecule has 0 spiro atoms. The third-order valence-electron chi connectivity index (χ3n) is 5.87. The Labute approximate surface area is 195 Å². The molecule has 2 aromatic carbocycles. The molecule has 2 N–H and O–H groups in total. The lowest BCUT2D eigenvalue weighted by Gasteiger charge is -2.30. The minimum Gasteiger partial charge on any atom is -0.496 e. The largest absolute Gasteiger partial charge is 0.496 e. The number of rotatable bonds is 9. The predicted molar refractivity (Wildman–Crippen MR) is 127 cm³/mol. The van der Waals surface area contributed by atoms with Crippen LogP contribution in [0.5, 0.6) is 5.75 Å². The molecule has 0 aromatic heterocycles. The van der Waals surface area contributed by atoms with Crippen molar-refractivity contribution < 1.29 is 14.3 Å². The summed E-state index contributed by atoms with van der Waals surface area (Å²) in [6.45, 7) is 6.27. The van der Waals surface area contributed by atoms with Gasteiger partial charge in [0.2, 0.25) is 5.91 Å². The summed E-state index contributed by atoms with van der Waals surface area (Å²) in [6.07, 6.45) is 2.29. The Morgan fingerprint density at radius 3 is 2.47 bits per heavy atom. The maximum Gasteiger partial charge on any atom is 0.255 e. The number of benzene rings is 2. The van der Waals surface area contributed by atoms with Gasteiger partial charge in [-0.25, -0.2) is 0 Å². The molecule has 6 nitrogen and oxygen atoms in total. The first-order valence-corrected chi connectivity index (χ1v) is 11.5. The Hall–Kier alpha value is -2.57. The van der Waals surface area contributed by atoms with E-state index in [1.54, 1.807) is 24.3 Å². The van der Waals surface area contributed by atoms with Crippen molar-refractivity contribution >= 4 is 23.4 Å². The molecule has 2 aromatic rings. The molecule has 7 heteroatoms. The molecule has 1 aliphatic rings. The second kappa shape index (κ2) is 11.3. The molecule has 1 aliphatic heterocycles. The molecule has 172 valence electrons. The maximum atomic E-state index is 13.1. The predicted octanol–water partition coefficient (Wildman–Crippen LogP) is 4.06. The van der Waals surface area contributed by atoms with Gasteiger partial charge in [0.1, 0.15) is 11.8 Å². The van der Waals surface area contributed by atoms with E-state index in [1.807, 2.05) is 38.1 Å². The van der Waals surface area contributed by atoms with Crippen LogP contribution in [0.1, 0.15) is 48.7 Å². The van der Waals surface area contributed by atoms with Crippen molar-refractivity contribution in [3.8, 4) is 5.75 Å². The van der Waals surface area contributed by atoms with Crippen molar-refractivity contribution in [2.45, 2.75) is 38.8 Å². The molecule has 0 aliphatic carbocycles. The minimum absolute atomic E-state index is 0.0397. The van der Waals surface area contributed by atoms with Crippen LogP contribution in [0.3, 0.4) is 0 Å². The van der Waals surface area contributed by atoms with Crippen LogP contribution in [-0.4, -0.2) is 49.5 Å². The normalized spacial score (nSPS) is 15.9. The van der Waals surface area contributed by atoms with Crippen LogP contribution in [-0.2, 0) is 4.79 Å². The highest BCUT2D eigenvalue weighted by Gasteiger charge is 2.28. The van der Waals surface area contributed by atoms with E-state index < -0.39 is 6.04 Å². The number of para-hydroxylation sites is 1. The topological polar surface area (TPSA) is 70.7 Å².